The van der Waals surface area contributed by atoms with E-state index in [1.165, 1.54) is 4.31 Å². The zero-order valence-electron chi connectivity index (χ0n) is 18.1. The largest absolute Gasteiger partial charge is 0.379 e. The molecule has 4 rings (SSSR count). The number of imidazole rings is 1. The minimum atomic E-state index is -3.56. The standard InChI is InChI=1S/C22H26Cl2N4O3S/c1-3-28-21-7-5-17(32(29,30)27-8-10-31-11-9-27)13-20(21)25-22(28)15-26(2)14-16-4-6-18(23)19(24)12-16/h4-7,12-13H,3,8-11,14-15H2,1-2H3. The summed E-state index contributed by atoms with van der Waals surface area (Å²) in [6.07, 6.45) is 0. The van der Waals surface area contributed by atoms with Gasteiger partial charge < -0.3 is 9.30 Å². The van der Waals surface area contributed by atoms with E-state index in [1.54, 1.807) is 18.2 Å². The van der Waals surface area contributed by atoms with Gasteiger partial charge in [-0.1, -0.05) is 29.3 Å². The SMILES string of the molecule is CCn1c(CN(C)Cc2ccc(Cl)c(Cl)c2)nc2cc(S(=O)(=O)N3CCOCC3)ccc21. The van der Waals surface area contributed by atoms with E-state index in [1.807, 2.05) is 25.2 Å². The molecule has 0 atom stereocenters. The Morgan fingerprint density at radius 1 is 1.06 bits per heavy atom. The Hall–Kier alpha value is -1.68. The maximum atomic E-state index is 13.0. The molecule has 172 valence electrons. The van der Waals surface area contributed by atoms with Crippen molar-refractivity contribution in [1.29, 1.82) is 0 Å². The number of aryl methyl sites for hydroxylation is 1. The van der Waals surface area contributed by atoms with Gasteiger partial charge in [-0.25, -0.2) is 13.4 Å². The maximum Gasteiger partial charge on any atom is 0.243 e. The molecule has 2 heterocycles. The van der Waals surface area contributed by atoms with E-state index in [-0.39, 0.29) is 4.90 Å². The number of rotatable bonds is 7. The van der Waals surface area contributed by atoms with Crippen LogP contribution >= 0.6 is 23.2 Å². The molecule has 10 heteroatoms. The van der Waals surface area contributed by atoms with E-state index in [4.69, 9.17) is 32.9 Å². The summed E-state index contributed by atoms with van der Waals surface area (Å²) in [5.74, 6) is 0.881. The molecule has 0 bridgehead atoms. The highest BCUT2D eigenvalue weighted by atomic mass is 35.5. The van der Waals surface area contributed by atoms with Crippen molar-refractivity contribution in [2.45, 2.75) is 31.5 Å². The van der Waals surface area contributed by atoms with Crippen molar-refractivity contribution in [3.63, 3.8) is 0 Å². The molecule has 0 spiro atoms. The third-order valence-electron chi connectivity index (χ3n) is 5.57. The Bertz CT molecular complexity index is 1220. The molecular weight excluding hydrogens is 471 g/mol. The summed E-state index contributed by atoms with van der Waals surface area (Å²) < 4.78 is 34.9. The van der Waals surface area contributed by atoms with Gasteiger partial charge in [-0.2, -0.15) is 4.31 Å². The maximum absolute atomic E-state index is 13.0. The lowest BCUT2D eigenvalue weighted by Crippen LogP contribution is -2.40. The number of aromatic nitrogens is 2. The summed E-state index contributed by atoms with van der Waals surface area (Å²) in [5, 5.41) is 1.07. The third-order valence-corrected chi connectivity index (χ3v) is 8.20. The summed E-state index contributed by atoms with van der Waals surface area (Å²) in [5.41, 5.74) is 2.66. The Labute approximate surface area is 198 Å². The number of hydrogen-bond donors (Lipinski definition) is 0. The Morgan fingerprint density at radius 2 is 1.81 bits per heavy atom. The van der Waals surface area contributed by atoms with Crippen molar-refractivity contribution in [1.82, 2.24) is 18.8 Å². The highest BCUT2D eigenvalue weighted by Crippen LogP contribution is 2.25. The van der Waals surface area contributed by atoms with Crippen molar-refractivity contribution < 1.29 is 13.2 Å². The number of hydrogen-bond acceptors (Lipinski definition) is 5. The van der Waals surface area contributed by atoms with Gasteiger partial charge in [0, 0.05) is 26.2 Å². The van der Waals surface area contributed by atoms with Crippen molar-refractivity contribution in [2.75, 3.05) is 33.4 Å². The second-order valence-electron chi connectivity index (χ2n) is 7.86. The van der Waals surface area contributed by atoms with Crippen LogP contribution in [0.1, 0.15) is 18.3 Å². The lowest BCUT2D eigenvalue weighted by Gasteiger charge is -2.26. The molecule has 2 aromatic carbocycles. The molecule has 0 amide bonds. The number of fused-ring (bicyclic) bond motifs is 1. The summed E-state index contributed by atoms with van der Waals surface area (Å²) in [4.78, 5) is 7.19. The van der Waals surface area contributed by atoms with E-state index >= 15 is 0 Å². The fraction of sp³-hybridized carbons (Fsp3) is 0.409. The first kappa shape index (κ1) is 23.5. The zero-order valence-corrected chi connectivity index (χ0v) is 20.4. The van der Waals surface area contributed by atoms with Crippen LogP contribution in [0.3, 0.4) is 0 Å². The molecule has 0 aliphatic carbocycles. The van der Waals surface area contributed by atoms with Gasteiger partial charge in [-0.15, -0.1) is 0 Å². The van der Waals surface area contributed by atoms with Crippen LogP contribution in [0.25, 0.3) is 11.0 Å². The molecule has 32 heavy (non-hydrogen) atoms. The lowest BCUT2D eigenvalue weighted by molar-refractivity contribution is 0.0730. The minimum Gasteiger partial charge on any atom is -0.379 e. The number of morpholine rings is 1. The first-order valence-electron chi connectivity index (χ1n) is 10.5. The van der Waals surface area contributed by atoms with Gasteiger partial charge in [0.05, 0.1) is 45.7 Å². The normalized spacial score (nSPS) is 15.7. The molecule has 0 saturated carbocycles. The predicted molar refractivity (Wildman–Crippen MR) is 127 cm³/mol. The third kappa shape index (κ3) is 4.81. The van der Waals surface area contributed by atoms with Gasteiger partial charge in [0.2, 0.25) is 10.0 Å². The smallest absolute Gasteiger partial charge is 0.243 e. The first-order chi connectivity index (χ1) is 15.3. The van der Waals surface area contributed by atoms with E-state index in [2.05, 4.69) is 16.4 Å². The van der Waals surface area contributed by atoms with Crippen LogP contribution in [-0.2, 0) is 34.4 Å². The fourth-order valence-corrected chi connectivity index (χ4v) is 5.73. The minimum absolute atomic E-state index is 0.267. The van der Waals surface area contributed by atoms with Gasteiger partial charge in [0.25, 0.3) is 0 Å². The second kappa shape index (κ2) is 9.67. The van der Waals surface area contributed by atoms with Crippen molar-refractivity contribution in [2.24, 2.45) is 0 Å². The van der Waals surface area contributed by atoms with Crippen molar-refractivity contribution in [3.05, 3.63) is 57.8 Å². The van der Waals surface area contributed by atoms with Crippen LogP contribution in [0.4, 0.5) is 0 Å². The van der Waals surface area contributed by atoms with Gasteiger partial charge in [-0.05, 0) is 49.9 Å². The second-order valence-corrected chi connectivity index (χ2v) is 10.6. The molecule has 7 nitrogen and oxygen atoms in total. The average Bonchev–Trinajstić information content (AvgIpc) is 3.12. The Balaban J connectivity index is 1.58. The van der Waals surface area contributed by atoms with Crippen molar-refractivity contribution >= 4 is 44.3 Å². The molecule has 1 fully saturated rings. The lowest BCUT2D eigenvalue weighted by atomic mass is 10.2. The van der Waals surface area contributed by atoms with E-state index in [9.17, 15) is 8.42 Å². The van der Waals surface area contributed by atoms with Gasteiger partial charge in [0.1, 0.15) is 5.82 Å². The fourth-order valence-electron chi connectivity index (χ4n) is 3.98. The quantitative estimate of drug-likeness (QED) is 0.494. The summed E-state index contributed by atoms with van der Waals surface area (Å²) in [6, 6.07) is 10.8. The summed E-state index contributed by atoms with van der Waals surface area (Å²) in [7, 11) is -1.55. The Morgan fingerprint density at radius 3 is 2.50 bits per heavy atom. The number of halogens is 2. The van der Waals surface area contributed by atoms with Crippen LogP contribution in [0.5, 0.6) is 0 Å². The van der Waals surface area contributed by atoms with E-state index in [0.717, 1.165) is 23.4 Å². The van der Waals surface area contributed by atoms with E-state index < -0.39 is 10.0 Å². The Kier molecular flexibility index (Phi) is 7.09. The zero-order chi connectivity index (χ0) is 22.9. The molecule has 1 saturated heterocycles. The average molecular weight is 497 g/mol. The highest BCUT2D eigenvalue weighted by Gasteiger charge is 2.27. The van der Waals surface area contributed by atoms with Gasteiger partial charge in [0.15, 0.2) is 0 Å². The molecule has 0 N–H and O–H groups in total. The monoisotopic (exact) mass is 496 g/mol. The number of ether oxygens (including phenoxy) is 1. The highest BCUT2D eigenvalue weighted by molar-refractivity contribution is 7.89. The van der Waals surface area contributed by atoms with Crippen LogP contribution in [0.2, 0.25) is 10.0 Å². The van der Waals surface area contributed by atoms with Crippen LogP contribution < -0.4 is 0 Å². The molecular formula is C22H26Cl2N4O3S. The van der Waals surface area contributed by atoms with Crippen LogP contribution in [-0.4, -0.2) is 60.5 Å². The topological polar surface area (TPSA) is 67.7 Å². The van der Waals surface area contributed by atoms with Crippen LogP contribution in [0.15, 0.2) is 41.3 Å². The molecule has 1 aromatic heterocycles. The molecule has 0 unspecified atom stereocenters. The number of benzene rings is 2. The van der Waals surface area contributed by atoms with Gasteiger partial charge >= 0.3 is 0 Å². The summed E-state index contributed by atoms with van der Waals surface area (Å²) >= 11 is 12.2. The predicted octanol–water partition coefficient (Wildman–Crippen LogP) is 4.02. The van der Waals surface area contributed by atoms with Gasteiger partial charge in [-0.3, -0.25) is 4.90 Å². The van der Waals surface area contributed by atoms with Crippen molar-refractivity contribution in [3.8, 4) is 0 Å². The molecule has 3 aromatic rings. The van der Waals surface area contributed by atoms with Crippen LogP contribution in [0, 0.1) is 0 Å². The summed E-state index contributed by atoms with van der Waals surface area (Å²) in [6.45, 7) is 5.66. The molecule has 1 aliphatic rings. The number of nitrogens with zero attached hydrogens (tertiary/aromatic N) is 4. The van der Waals surface area contributed by atoms with E-state index in [0.29, 0.717) is 55.0 Å². The number of sulfonamides is 1. The molecule has 1 aliphatic heterocycles. The first-order valence-corrected chi connectivity index (χ1v) is 12.7. The molecule has 0 radical (unpaired) electrons.